The van der Waals surface area contributed by atoms with Crippen molar-refractivity contribution >= 4 is 28.8 Å². The lowest BCUT2D eigenvalue weighted by molar-refractivity contribution is 0.0349. The minimum absolute atomic E-state index is 0.207. The second kappa shape index (κ2) is 6.86. The van der Waals surface area contributed by atoms with Gasteiger partial charge in [-0.1, -0.05) is 43.3 Å². The van der Waals surface area contributed by atoms with Gasteiger partial charge in [0.15, 0.2) is 0 Å². The Bertz CT molecular complexity index is 598. The van der Waals surface area contributed by atoms with Crippen LogP contribution in [0.2, 0.25) is 10.3 Å². The van der Waals surface area contributed by atoms with E-state index < -0.39 is 0 Å². The van der Waals surface area contributed by atoms with E-state index in [4.69, 9.17) is 27.9 Å². The number of nitrogens with zero attached hydrogens (tertiary/aromatic N) is 1. The van der Waals surface area contributed by atoms with Gasteiger partial charge in [-0.15, -0.1) is 0 Å². The highest BCUT2D eigenvalue weighted by atomic mass is 35.5. The molecule has 0 amide bonds. The topological polar surface area (TPSA) is 22.1 Å². The lowest BCUT2D eigenvalue weighted by Crippen LogP contribution is -2.21. The molecule has 1 fully saturated rings. The molecule has 0 bridgehead atoms. The highest BCUT2D eigenvalue weighted by Crippen LogP contribution is 2.46. The summed E-state index contributed by atoms with van der Waals surface area (Å²) in [5.74, 6) is 2.12. The van der Waals surface area contributed by atoms with Crippen molar-refractivity contribution in [1.82, 2.24) is 4.98 Å². The van der Waals surface area contributed by atoms with Crippen molar-refractivity contribution in [2.75, 3.05) is 0 Å². The van der Waals surface area contributed by atoms with Gasteiger partial charge >= 0.3 is 0 Å². The molecule has 1 saturated carbocycles. The van der Waals surface area contributed by atoms with Crippen molar-refractivity contribution < 1.29 is 4.74 Å². The Kier molecular flexibility index (Phi) is 5.48. The van der Waals surface area contributed by atoms with Crippen LogP contribution in [0, 0.1) is 17.8 Å². The van der Waals surface area contributed by atoms with Crippen LogP contribution in [-0.2, 0) is 4.74 Å². The Morgan fingerprint density at radius 3 is 2.26 bits per heavy atom. The summed E-state index contributed by atoms with van der Waals surface area (Å²) in [5.41, 5.74) is 1.83. The Morgan fingerprint density at radius 2 is 1.74 bits per heavy atom. The van der Waals surface area contributed by atoms with Crippen molar-refractivity contribution in [2.45, 2.75) is 46.1 Å². The van der Waals surface area contributed by atoms with E-state index in [1.807, 2.05) is 32.9 Å². The van der Waals surface area contributed by atoms with E-state index in [1.54, 1.807) is 0 Å². The minimum Gasteiger partial charge on any atom is -0.493 e. The van der Waals surface area contributed by atoms with Crippen LogP contribution in [0.25, 0.3) is 5.57 Å². The fourth-order valence-corrected chi connectivity index (χ4v) is 3.80. The molecule has 0 spiro atoms. The van der Waals surface area contributed by atoms with E-state index in [1.165, 1.54) is 0 Å². The summed E-state index contributed by atoms with van der Waals surface area (Å²) in [6.45, 7) is 16.8. The molecule has 3 unspecified atom stereocenters. The first-order valence-corrected chi connectivity index (χ1v) is 8.72. The highest BCUT2D eigenvalue weighted by molar-refractivity contribution is 6.32. The first-order chi connectivity index (χ1) is 10.6. The largest absolute Gasteiger partial charge is 0.493 e. The number of aromatic nitrogens is 1. The number of allylic oxidation sites excluding steroid dienone is 2. The average molecular weight is 354 g/mol. The summed E-state index contributed by atoms with van der Waals surface area (Å²) in [5, 5.41) is 0.799. The number of pyridine rings is 1. The summed E-state index contributed by atoms with van der Waals surface area (Å²) >= 11 is 12.0. The smallest absolute Gasteiger partial charge is 0.131 e. The lowest BCUT2D eigenvalue weighted by Gasteiger charge is -2.26. The minimum atomic E-state index is -0.207. The molecule has 23 heavy (non-hydrogen) atoms. The van der Waals surface area contributed by atoms with E-state index in [0.717, 1.165) is 29.7 Å². The number of halogens is 2. The first kappa shape index (κ1) is 18.4. The van der Waals surface area contributed by atoms with Gasteiger partial charge in [-0.05, 0) is 68.7 Å². The van der Waals surface area contributed by atoms with Crippen molar-refractivity contribution in [2.24, 2.45) is 17.8 Å². The van der Waals surface area contributed by atoms with Crippen LogP contribution >= 0.6 is 23.2 Å². The molecule has 0 radical (unpaired) electrons. The number of hydrogen-bond donors (Lipinski definition) is 0. The SMILES string of the molecule is C=C(OC(C)(C)C)C1CC(C)C(C(=C)c2cc(Cl)nc(Cl)c2)C1. The molecule has 1 aromatic heterocycles. The summed E-state index contributed by atoms with van der Waals surface area (Å²) in [7, 11) is 0. The molecule has 2 nitrogen and oxygen atoms in total. The van der Waals surface area contributed by atoms with Gasteiger partial charge in [-0.3, -0.25) is 0 Å². The number of hydrogen-bond acceptors (Lipinski definition) is 2. The maximum atomic E-state index is 6.02. The maximum Gasteiger partial charge on any atom is 0.131 e. The molecular weight excluding hydrogens is 329 g/mol. The summed E-state index contributed by atoms with van der Waals surface area (Å²) in [4.78, 5) is 4.00. The van der Waals surface area contributed by atoms with Crippen molar-refractivity contribution in [3.05, 3.63) is 46.9 Å². The molecule has 3 atom stereocenters. The first-order valence-electron chi connectivity index (χ1n) is 7.97. The molecule has 1 aromatic rings. The van der Waals surface area contributed by atoms with Crippen molar-refractivity contribution in [3.8, 4) is 0 Å². The quantitative estimate of drug-likeness (QED) is 0.461. The summed E-state index contributed by atoms with van der Waals surface area (Å²) < 4.78 is 5.97. The molecule has 1 heterocycles. The van der Waals surface area contributed by atoms with Crippen LogP contribution in [-0.4, -0.2) is 10.6 Å². The van der Waals surface area contributed by atoms with Gasteiger partial charge < -0.3 is 4.74 Å². The fourth-order valence-electron chi connectivity index (χ4n) is 3.34. The molecule has 2 rings (SSSR count). The van der Waals surface area contributed by atoms with Crippen molar-refractivity contribution in [1.29, 1.82) is 0 Å². The van der Waals surface area contributed by atoms with Crippen LogP contribution < -0.4 is 0 Å². The van der Waals surface area contributed by atoms with Crippen molar-refractivity contribution in [3.63, 3.8) is 0 Å². The van der Waals surface area contributed by atoms with Gasteiger partial charge in [0.25, 0.3) is 0 Å². The molecule has 0 saturated heterocycles. The molecular formula is C19H25Cl2NO. The average Bonchev–Trinajstić information content (AvgIpc) is 2.77. The third kappa shape index (κ3) is 4.74. The molecule has 1 aliphatic rings. The predicted molar refractivity (Wildman–Crippen MR) is 98.6 cm³/mol. The molecule has 0 N–H and O–H groups in total. The van der Waals surface area contributed by atoms with E-state index in [-0.39, 0.29) is 5.60 Å². The van der Waals surface area contributed by atoms with E-state index in [9.17, 15) is 0 Å². The molecule has 1 aliphatic carbocycles. The standard InChI is InChI=1S/C19H25Cl2NO/c1-11-7-15(13(3)23-19(4,5)6)8-16(11)12(2)14-9-17(20)22-18(21)10-14/h9-11,15-16H,2-3,7-8H2,1,4-6H3. The van der Waals surface area contributed by atoms with Gasteiger partial charge in [-0.2, -0.15) is 0 Å². The Hall–Kier alpha value is -0.990. The number of rotatable bonds is 4. The van der Waals surface area contributed by atoms with Crippen LogP contribution in [0.15, 0.2) is 31.0 Å². The number of ether oxygens (including phenoxy) is 1. The van der Waals surface area contributed by atoms with E-state index in [2.05, 4.69) is 25.1 Å². The van der Waals surface area contributed by atoms with Gasteiger partial charge in [-0.25, -0.2) is 4.98 Å². The molecule has 126 valence electrons. The Balaban J connectivity index is 2.12. The third-order valence-corrected chi connectivity index (χ3v) is 4.74. The van der Waals surface area contributed by atoms with Crippen LogP contribution in [0.4, 0.5) is 0 Å². The highest BCUT2D eigenvalue weighted by Gasteiger charge is 2.36. The predicted octanol–water partition coefficient (Wildman–Crippen LogP) is 6.39. The Labute approximate surface area is 149 Å². The van der Waals surface area contributed by atoms with Gasteiger partial charge in [0.05, 0.1) is 5.76 Å². The fraction of sp³-hybridized carbons (Fsp3) is 0.526. The normalized spacial score (nSPS) is 24.5. The zero-order valence-corrected chi connectivity index (χ0v) is 15.8. The van der Waals surface area contributed by atoms with Gasteiger partial charge in [0.1, 0.15) is 15.9 Å². The van der Waals surface area contributed by atoms with Crippen LogP contribution in [0.1, 0.15) is 46.1 Å². The van der Waals surface area contributed by atoms with Gasteiger partial charge in [0, 0.05) is 5.92 Å². The van der Waals surface area contributed by atoms with Gasteiger partial charge in [0.2, 0.25) is 0 Å². The van der Waals surface area contributed by atoms with Crippen LogP contribution in [0.5, 0.6) is 0 Å². The molecule has 4 heteroatoms. The Morgan fingerprint density at radius 1 is 1.17 bits per heavy atom. The molecule has 0 aliphatic heterocycles. The third-order valence-electron chi connectivity index (χ3n) is 4.36. The van der Waals surface area contributed by atoms with E-state index >= 15 is 0 Å². The van der Waals surface area contributed by atoms with E-state index in [0.29, 0.717) is 28.1 Å². The zero-order chi connectivity index (χ0) is 17.4. The summed E-state index contributed by atoms with van der Waals surface area (Å²) in [6, 6.07) is 3.66. The maximum absolute atomic E-state index is 6.02. The second-order valence-electron chi connectivity index (χ2n) is 7.46. The zero-order valence-electron chi connectivity index (χ0n) is 14.3. The summed E-state index contributed by atoms with van der Waals surface area (Å²) in [6.07, 6.45) is 2.05. The molecule has 0 aromatic carbocycles. The lowest BCUT2D eigenvalue weighted by atomic mass is 9.87. The monoisotopic (exact) mass is 353 g/mol. The van der Waals surface area contributed by atoms with Crippen LogP contribution in [0.3, 0.4) is 0 Å². The second-order valence-corrected chi connectivity index (χ2v) is 8.23.